The Morgan fingerprint density at radius 2 is 2.10 bits per heavy atom. The molecule has 0 aromatic heterocycles. The molecular formula is C16H19NO4. The molecule has 1 aromatic carbocycles. The quantitative estimate of drug-likeness (QED) is 0.472. The molecule has 0 saturated heterocycles. The Hall–Kier alpha value is -2.30. The van der Waals surface area contributed by atoms with Gasteiger partial charge in [-0.3, -0.25) is 0 Å². The number of aldehydes is 1. The molecule has 2 rings (SSSR count). The number of ether oxygens (including phenoxy) is 2. The van der Waals surface area contributed by atoms with Gasteiger partial charge in [0.1, 0.15) is 17.6 Å². The summed E-state index contributed by atoms with van der Waals surface area (Å²) in [6.07, 6.45) is 5.68. The van der Waals surface area contributed by atoms with Crippen LogP contribution in [0, 0.1) is 5.92 Å². The molecule has 1 aromatic rings. The number of esters is 1. The summed E-state index contributed by atoms with van der Waals surface area (Å²) >= 11 is 0. The van der Waals surface area contributed by atoms with Crippen LogP contribution >= 0.6 is 0 Å². The fraction of sp³-hybridized carbons (Fsp3) is 0.375. The maximum absolute atomic E-state index is 11.6. The Kier molecular flexibility index (Phi) is 4.62. The lowest BCUT2D eigenvalue weighted by Crippen LogP contribution is -2.29. The molecule has 5 heteroatoms. The monoisotopic (exact) mass is 289 g/mol. The van der Waals surface area contributed by atoms with Gasteiger partial charge in [0.05, 0.1) is 14.2 Å². The van der Waals surface area contributed by atoms with E-state index in [2.05, 4.69) is 4.90 Å². The van der Waals surface area contributed by atoms with E-state index in [0.29, 0.717) is 11.3 Å². The van der Waals surface area contributed by atoms with Crippen LogP contribution in [0.15, 0.2) is 30.4 Å². The Morgan fingerprint density at radius 3 is 2.67 bits per heavy atom. The van der Waals surface area contributed by atoms with Crippen LogP contribution in [-0.4, -0.2) is 39.6 Å². The summed E-state index contributed by atoms with van der Waals surface area (Å²) < 4.78 is 9.99. The van der Waals surface area contributed by atoms with E-state index in [1.165, 1.54) is 14.2 Å². The van der Waals surface area contributed by atoms with Crippen molar-refractivity contribution in [2.24, 2.45) is 5.92 Å². The van der Waals surface area contributed by atoms with Gasteiger partial charge in [-0.25, -0.2) is 4.79 Å². The van der Waals surface area contributed by atoms with E-state index in [4.69, 9.17) is 9.47 Å². The second-order valence-electron chi connectivity index (χ2n) is 4.97. The maximum atomic E-state index is 11.6. The summed E-state index contributed by atoms with van der Waals surface area (Å²) in [6.45, 7) is 0. The minimum absolute atomic E-state index is 0.0197. The predicted octanol–water partition coefficient (Wildman–Crippen LogP) is 2.06. The van der Waals surface area contributed by atoms with Crippen LogP contribution in [0.3, 0.4) is 0 Å². The van der Waals surface area contributed by atoms with Crippen LogP contribution in [0.4, 0.5) is 5.69 Å². The lowest BCUT2D eigenvalue weighted by molar-refractivity contribution is -0.109. The first-order valence-electron chi connectivity index (χ1n) is 6.73. The highest BCUT2D eigenvalue weighted by atomic mass is 16.5. The largest absolute Gasteiger partial charge is 0.496 e. The zero-order valence-electron chi connectivity index (χ0n) is 12.4. The highest BCUT2D eigenvalue weighted by molar-refractivity contribution is 5.93. The summed E-state index contributed by atoms with van der Waals surface area (Å²) in [5, 5.41) is 0. The van der Waals surface area contributed by atoms with E-state index in [9.17, 15) is 9.59 Å². The van der Waals surface area contributed by atoms with Crippen molar-refractivity contribution >= 4 is 17.9 Å². The van der Waals surface area contributed by atoms with Gasteiger partial charge in [0.25, 0.3) is 0 Å². The number of hydrogen-bond acceptors (Lipinski definition) is 5. The zero-order valence-corrected chi connectivity index (χ0v) is 12.4. The highest BCUT2D eigenvalue weighted by Crippen LogP contribution is 2.29. The molecule has 0 saturated carbocycles. The molecule has 0 spiro atoms. The molecule has 5 nitrogen and oxygen atoms in total. The highest BCUT2D eigenvalue weighted by Gasteiger charge is 2.23. The Bertz CT molecular complexity index is 567. The number of carbonyl (C=O) groups is 2. The van der Waals surface area contributed by atoms with Gasteiger partial charge >= 0.3 is 5.97 Å². The van der Waals surface area contributed by atoms with Gasteiger partial charge in [0, 0.05) is 30.8 Å². The smallest absolute Gasteiger partial charge is 0.341 e. The first kappa shape index (κ1) is 15.1. The standard InChI is InChI=1S/C16H19NO4/c1-17(12-5-4-11(8-12)10-18)13-6-7-14(16(19)21-3)15(9-13)20-2/h4-7,9-12H,8H2,1-3H3/t11?,12-/m0/s1. The van der Waals surface area contributed by atoms with Crippen LogP contribution in [0.25, 0.3) is 0 Å². The van der Waals surface area contributed by atoms with Gasteiger partial charge in [0.2, 0.25) is 0 Å². The molecule has 1 aliphatic rings. The Labute approximate surface area is 124 Å². The normalized spacial score (nSPS) is 20.1. The van der Waals surface area contributed by atoms with Crippen molar-refractivity contribution in [3.05, 3.63) is 35.9 Å². The van der Waals surface area contributed by atoms with Gasteiger partial charge in [-0.05, 0) is 18.6 Å². The van der Waals surface area contributed by atoms with Crippen LogP contribution in [0.1, 0.15) is 16.8 Å². The van der Waals surface area contributed by atoms with Crippen molar-refractivity contribution in [3.63, 3.8) is 0 Å². The lowest BCUT2D eigenvalue weighted by Gasteiger charge is -2.26. The van der Waals surface area contributed by atoms with Crippen molar-refractivity contribution in [1.82, 2.24) is 0 Å². The van der Waals surface area contributed by atoms with Gasteiger partial charge < -0.3 is 19.2 Å². The molecular weight excluding hydrogens is 270 g/mol. The summed E-state index contributed by atoms with van der Waals surface area (Å²) in [5.41, 5.74) is 1.31. The van der Waals surface area contributed by atoms with E-state index in [0.717, 1.165) is 18.4 Å². The van der Waals surface area contributed by atoms with Gasteiger partial charge in [-0.1, -0.05) is 12.2 Å². The van der Waals surface area contributed by atoms with Crippen LogP contribution in [0.2, 0.25) is 0 Å². The lowest BCUT2D eigenvalue weighted by atomic mass is 10.1. The fourth-order valence-corrected chi connectivity index (χ4v) is 2.46. The third-order valence-electron chi connectivity index (χ3n) is 3.76. The number of carbonyl (C=O) groups excluding carboxylic acids is 2. The van der Waals surface area contributed by atoms with Crippen molar-refractivity contribution in [2.75, 3.05) is 26.2 Å². The predicted molar refractivity (Wildman–Crippen MR) is 79.8 cm³/mol. The minimum atomic E-state index is -0.428. The van der Waals surface area contributed by atoms with Crippen LogP contribution in [-0.2, 0) is 9.53 Å². The van der Waals surface area contributed by atoms with Gasteiger partial charge in [0.15, 0.2) is 0 Å². The van der Waals surface area contributed by atoms with Gasteiger partial charge in [-0.2, -0.15) is 0 Å². The zero-order chi connectivity index (χ0) is 15.4. The van der Waals surface area contributed by atoms with E-state index in [-0.39, 0.29) is 12.0 Å². The number of allylic oxidation sites excluding steroid dienone is 1. The molecule has 0 radical (unpaired) electrons. The van der Waals surface area contributed by atoms with Crippen LogP contribution in [0.5, 0.6) is 5.75 Å². The number of likely N-dealkylation sites (N-methyl/N-ethyl adjacent to an activating group) is 1. The van der Waals surface area contributed by atoms with E-state index in [1.54, 1.807) is 12.1 Å². The average molecular weight is 289 g/mol. The van der Waals surface area contributed by atoms with Crippen molar-refractivity contribution in [1.29, 1.82) is 0 Å². The molecule has 0 aliphatic heterocycles. The topological polar surface area (TPSA) is 55.8 Å². The Morgan fingerprint density at radius 1 is 1.33 bits per heavy atom. The number of methoxy groups -OCH3 is 2. The molecule has 0 amide bonds. The molecule has 0 fully saturated rings. The van der Waals surface area contributed by atoms with Crippen molar-refractivity contribution < 1.29 is 19.1 Å². The summed E-state index contributed by atoms with van der Waals surface area (Å²) in [4.78, 5) is 24.5. The van der Waals surface area contributed by atoms with E-state index >= 15 is 0 Å². The fourth-order valence-electron chi connectivity index (χ4n) is 2.46. The molecule has 0 heterocycles. The first-order valence-corrected chi connectivity index (χ1v) is 6.73. The average Bonchev–Trinajstić information content (AvgIpc) is 3.01. The van der Waals surface area contributed by atoms with Crippen molar-refractivity contribution in [3.8, 4) is 5.75 Å². The molecule has 0 bridgehead atoms. The van der Waals surface area contributed by atoms with Crippen molar-refractivity contribution in [2.45, 2.75) is 12.5 Å². The first-order chi connectivity index (χ1) is 10.1. The number of hydrogen-bond donors (Lipinski definition) is 0. The molecule has 1 unspecified atom stereocenters. The number of nitrogens with zero attached hydrogens (tertiary/aromatic N) is 1. The third kappa shape index (κ3) is 3.07. The molecule has 1 aliphatic carbocycles. The summed E-state index contributed by atoms with van der Waals surface area (Å²) in [5.74, 6) is 0.0247. The van der Waals surface area contributed by atoms with Crippen LogP contribution < -0.4 is 9.64 Å². The van der Waals surface area contributed by atoms with E-state index < -0.39 is 5.97 Å². The molecule has 112 valence electrons. The second-order valence-corrected chi connectivity index (χ2v) is 4.97. The van der Waals surface area contributed by atoms with Gasteiger partial charge in [-0.15, -0.1) is 0 Å². The summed E-state index contributed by atoms with van der Waals surface area (Å²) in [6, 6.07) is 5.49. The molecule has 21 heavy (non-hydrogen) atoms. The minimum Gasteiger partial charge on any atom is -0.496 e. The molecule has 0 N–H and O–H groups in total. The second kappa shape index (κ2) is 6.43. The number of benzene rings is 1. The maximum Gasteiger partial charge on any atom is 0.341 e. The number of rotatable bonds is 5. The third-order valence-corrected chi connectivity index (χ3v) is 3.76. The number of anilines is 1. The SMILES string of the molecule is COC(=O)c1ccc(N(C)[C@H]2C=CC(C=O)C2)cc1OC. The van der Waals surface area contributed by atoms with E-state index in [1.807, 2.05) is 25.3 Å². The Balaban J connectivity index is 2.23. The summed E-state index contributed by atoms with van der Waals surface area (Å²) in [7, 11) is 4.81. The molecule has 2 atom stereocenters.